The summed E-state index contributed by atoms with van der Waals surface area (Å²) in [6.45, 7) is 11.2. The molecule has 0 aromatic carbocycles. The third-order valence-electron chi connectivity index (χ3n) is 11.4. The molecule has 2 N–H and O–H groups in total. The molecule has 3 aliphatic rings. The van der Waals surface area contributed by atoms with Crippen LogP contribution in [0.2, 0.25) is 0 Å². The largest absolute Gasteiger partial charge is 0.456 e. The molecule has 4 heterocycles. The number of methoxy groups -OCH3 is 2. The Morgan fingerprint density at radius 2 is 1.70 bits per heavy atom. The predicted molar refractivity (Wildman–Crippen MR) is 198 cm³/mol. The monoisotopic (exact) mass is 740 g/mol. The molecule has 53 heavy (non-hydrogen) atoms. The van der Waals surface area contributed by atoms with Crippen LogP contribution in [0.15, 0.2) is 41.7 Å². The SMILES string of the molecule is CC[C@@H]1/C=C(\C)C[C@H](C)C[C@H](OC)[C@H]2O[C@@](O)(C(=O)C(=O)N3CCCC[C@H]3C(=O)O[C@@H](/C(C)=C/c3ccncc3)[C@H](C)[C@@H](O)CC1=O)[C@H](C)C[C@@H]2OC. The molecule has 2 bridgehead atoms. The summed E-state index contributed by atoms with van der Waals surface area (Å²) in [7, 11) is 3.07. The minimum absolute atomic E-state index is 0.0441. The molecule has 11 atom stereocenters. The Balaban J connectivity index is 1.78. The summed E-state index contributed by atoms with van der Waals surface area (Å²) in [5.41, 5.74) is 2.42. The highest BCUT2D eigenvalue weighted by Crippen LogP contribution is 2.39. The summed E-state index contributed by atoms with van der Waals surface area (Å²) in [6.07, 6.45) is 6.08. The second-order valence-corrected chi connectivity index (χ2v) is 15.5. The van der Waals surface area contributed by atoms with Crippen molar-refractivity contribution in [2.75, 3.05) is 20.8 Å². The van der Waals surface area contributed by atoms with E-state index in [-0.39, 0.29) is 37.5 Å². The molecule has 0 unspecified atom stereocenters. The number of nitrogens with zero attached hydrogens (tertiary/aromatic N) is 2. The number of aliphatic hydroxyl groups is 2. The average Bonchev–Trinajstić information content (AvgIpc) is 3.14. The summed E-state index contributed by atoms with van der Waals surface area (Å²) in [6, 6.07) is 2.48. The maximum Gasteiger partial charge on any atom is 0.329 e. The van der Waals surface area contributed by atoms with Gasteiger partial charge >= 0.3 is 5.97 Å². The number of allylic oxidation sites excluding steroid dienone is 2. The Morgan fingerprint density at radius 1 is 1.04 bits per heavy atom. The van der Waals surface area contributed by atoms with E-state index >= 15 is 0 Å². The number of esters is 1. The van der Waals surface area contributed by atoms with Crippen molar-refractivity contribution in [3.8, 4) is 0 Å². The van der Waals surface area contributed by atoms with Gasteiger partial charge in [0.1, 0.15) is 24.0 Å². The fourth-order valence-electron chi connectivity index (χ4n) is 8.18. The summed E-state index contributed by atoms with van der Waals surface area (Å²) in [4.78, 5) is 61.3. The van der Waals surface area contributed by atoms with E-state index in [0.29, 0.717) is 37.7 Å². The fraction of sp³-hybridized carbons (Fsp3) is 0.683. The van der Waals surface area contributed by atoms with E-state index in [4.69, 9.17) is 18.9 Å². The molecule has 12 nitrogen and oxygen atoms in total. The van der Waals surface area contributed by atoms with E-state index in [1.165, 1.54) is 19.1 Å². The number of hydrogen-bond donors (Lipinski definition) is 2. The average molecular weight is 741 g/mol. The van der Waals surface area contributed by atoms with Crippen LogP contribution in [0.25, 0.3) is 6.08 Å². The number of pyridine rings is 1. The van der Waals surface area contributed by atoms with E-state index in [1.807, 2.05) is 26.0 Å². The van der Waals surface area contributed by atoms with Gasteiger partial charge in [0, 0.05) is 57.3 Å². The second-order valence-electron chi connectivity index (χ2n) is 15.5. The van der Waals surface area contributed by atoms with E-state index in [0.717, 1.165) is 11.1 Å². The number of amides is 1. The van der Waals surface area contributed by atoms with Crippen LogP contribution in [0.4, 0.5) is 0 Å². The lowest BCUT2D eigenvalue weighted by atomic mass is 9.82. The summed E-state index contributed by atoms with van der Waals surface area (Å²) < 4.78 is 24.1. The molecular formula is C41H60N2O10. The Hall–Kier alpha value is -3.29. The summed E-state index contributed by atoms with van der Waals surface area (Å²) >= 11 is 0. The first kappa shape index (κ1) is 42.5. The smallest absolute Gasteiger partial charge is 0.329 e. The molecule has 2 saturated heterocycles. The fourth-order valence-corrected chi connectivity index (χ4v) is 8.18. The number of carbonyl (C=O) groups excluding carboxylic acids is 4. The van der Waals surface area contributed by atoms with Gasteiger partial charge in [-0.05, 0) is 88.0 Å². The molecule has 2 fully saturated rings. The normalized spacial score (nSPS) is 37.2. The van der Waals surface area contributed by atoms with Crippen LogP contribution in [0.1, 0.15) is 98.5 Å². The molecule has 12 heteroatoms. The zero-order valence-corrected chi connectivity index (χ0v) is 32.7. The molecule has 0 spiro atoms. The van der Waals surface area contributed by atoms with Gasteiger partial charge < -0.3 is 34.1 Å². The van der Waals surface area contributed by atoms with Gasteiger partial charge in [-0.2, -0.15) is 0 Å². The molecule has 1 amide bonds. The van der Waals surface area contributed by atoms with Crippen molar-refractivity contribution in [3.63, 3.8) is 0 Å². The number of carbonyl (C=O) groups is 4. The molecule has 0 aliphatic carbocycles. The van der Waals surface area contributed by atoms with E-state index in [1.54, 1.807) is 45.3 Å². The van der Waals surface area contributed by atoms with E-state index in [9.17, 15) is 29.4 Å². The number of Topliss-reactive ketones (excluding diaryl/α,β-unsaturated/α-hetero) is 2. The van der Waals surface area contributed by atoms with Gasteiger partial charge in [0.15, 0.2) is 0 Å². The third-order valence-corrected chi connectivity index (χ3v) is 11.4. The first-order valence-electron chi connectivity index (χ1n) is 19.1. The van der Waals surface area contributed by atoms with Crippen molar-refractivity contribution in [2.24, 2.45) is 23.7 Å². The van der Waals surface area contributed by atoms with Crippen molar-refractivity contribution < 1.29 is 48.3 Å². The quantitative estimate of drug-likeness (QED) is 0.241. The Bertz CT molecular complexity index is 1500. The number of aliphatic hydroxyl groups excluding tert-OH is 1. The predicted octanol–water partition coefficient (Wildman–Crippen LogP) is 4.85. The van der Waals surface area contributed by atoms with Crippen LogP contribution < -0.4 is 0 Å². The first-order valence-corrected chi connectivity index (χ1v) is 19.1. The molecule has 4 rings (SSSR count). The highest BCUT2D eigenvalue weighted by molar-refractivity contribution is 6.39. The van der Waals surface area contributed by atoms with Crippen LogP contribution in [0.5, 0.6) is 0 Å². The van der Waals surface area contributed by atoms with Gasteiger partial charge in [0.2, 0.25) is 5.79 Å². The van der Waals surface area contributed by atoms with Gasteiger partial charge in [-0.15, -0.1) is 0 Å². The molecule has 294 valence electrons. The van der Waals surface area contributed by atoms with Crippen LogP contribution in [-0.2, 0) is 38.1 Å². The number of ether oxygens (including phenoxy) is 4. The molecule has 0 radical (unpaired) electrons. The van der Waals surface area contributed by atoms with Crippen LogP contribution >= 0.6 is 0 Å². The lowest BCUT2D eigenvalue weighted by Crippen LogP contribution is -2.64. The number of cyclic esters (lactones) is 1. The van der Waals surface area contributed by atoms with Gasteiger partial charge in [-0.3, -0.25) is 19.4 Å². The summed E-state index contributed by atoms with van der Waals surface area (Å²) in [5.74, 6) is -7.43. The number of fused-ring (bicyclic) bond motifs is 3. The minimum Gasteiger partial charge on any atom is -0.456 e. The van der Waals surface area contributed by atoms with Crippen LogP contribution in [-0.4, -0.2) is 107 Å². The van der Waals surface area contributed by atoms with Crippen molar-refractivity contribution in [3.05, 3.63) is 47.3 Å². The first-order chi connectivity index (χ1) is 25.1. The van der Waals surface area contributed by atoms with Gasteiger partial charge in [0.05, 0.1) is 18.3 Å². The minimum atomic E-state index is -2.49. The van der Waals surface area contributed by atoms with Crippen molar-refractivity contribution in [1.82, 2.24) is 9.88 Å². The molecule has 3 aliphatic heterocycles. The Kier molecular flexibility index (Phi) is 15.1. The maximum absolute atomic E-state index is 14.1. The topological polar surface area (TPSA) is 162 Å². The lowest BCUT2D eigenvalue weighted by Gasteiger charge is -2.47. The number of aromatic nitrogens is 1. The highest BCUT2D eigenvalue weighted by Gasteiger charge is 2.56. The van der Waals surface area contributed by atoms with Gasteiger partial charge in [-0.1, -0.05) is 45.4 Å². The van der Waals surface area contributed by atoms with E-state index in [2.05, 4.69) is 11.9 Å². The number of piperidine rings is 1. The van der Waals surface area contributed by atoms with E-state index < -0.39 is 77.8 Å². The maximum atomic E-state index is 14.1. The molecular weight excluding hydrogens is 680 g/mol. The lowest BCUT2D eigenvalue weighted by molar-refractivity contribution is -0.302. The third kappa shape index (κ3) is 10.1. The number of rotatable bonds is 5. The Morgan fingerprint density at radius 3 is 2.34 bits per heavy atom. The molecule has 0 saturated carbocycles. The van der Waals surface area contributed by atoms with Crippen LogP contribution in [0, 0.1) is 23.7 Å². The summed E-state index contributed by atoms with van der Waals surface area (Å²) in [5, 5.41) is 23.5. The highest BCUT2D eigenvalue weighted by atomic mass is 16.7. The van der Waals surface area contributed by atoms with Crippen LogP contribution in [0.3, 0.4) is 0 Å². The van der Waals surface area contributed by atoms with Crippen molar-refractivity contribution in [1.29, 1.82) is 0 Å². The van der Waals surface area contributed by atoms with Gasteiger partial charge in [0.25, 0.3) is 11.7 Å². The molecule has 1 aromatic rings. The van der Waals surface area contributed by atoms with Crippen molar-refractivity contribution >= 4 is 29.5 Å². The standard InChI is InChI=1S/C41H60N2O10/c1-9-30-19-24(2)18-25(3)20-34(50-7)37-35(51-8)22-27(5)41(49,53-37)38(46)39(47)43-17-11-10-12-31(43)40(48)52-36(28(6)32(44)23-33(30)45)26(4)21-29-13-15-42-16-14-29/h13-16,19,21,25,27-28,30-32,34-37,44,49H,9-12,17-18,20,22-23H2,1-8H3/b24-19+,26-21+/t25-,27+,28+,30+,31-,32-,34-,35-,36-,37+,41+/m0/s1. The molecule has 1 aromatic heterocycles. The second kappa shape index (κ2) is 18.8. The van der Waals surface area contributed by atoms with Gasteiger partial charge in [-0.25, -0.2) is 4.79 Å². The number of hydrogen-bond acceptors (Lipinski definition) is 11. The number of ketones is 2. The zero-order chi connectivity index (χ0) is 39.0. The Labute approximate surface area is 314 Å². The zero-order valence-electron chi connectivity index (χ0n) is 32.7. The van der Waals surface area contributed by atoms with Crippen molar-refractivity contribution in [2.45, 2.75) is 135 Å².